The Labute approximate surface area is 160 Å². The molecule has 0 aromatic heterocycles. The van der Waals surface area contributed by atoms with Crippen molar-refractivity contribution in [2.75, 3.05) is 24.6 Å². The maximum atomic E-state index is 12.7. The molecule has 6 nitrogen and oxygen atoms in total. The Morgan fingerprint density at radius 2 is 1.89 bits per heavy atom. The number of nitrogens with one attached hydrogen (secondary N) is 1. The molecule has 1 saturated heterocycles. The summed E-state index contributed by atoms with van der Waals surface area (Å²) < 4.78 is 42.9. The van der Waals surface area contributed by atoms with Crippen LogP contribution in [0.15, 0.2) is 35.0 Å². The van der Waals surface area contributed by atoms with Crippen molar-refractivity contribution < 1.29 is 22.7 Å². The van der Waals surface area contributed by atoms with Gasteiger partial charge in [-0.25, -0.2) is 4.79 Å². The summed E-state index contributed by atoms with van der Waals surface area (Å²) in [4.78, 5) is 13.8. The molecule has 1 heterocycles. The minimum atomic E-state index is -4.33. The number of piperidine rings is 1. The number of benzene rings is 1. The largest absolute Gasteiger partial charge is 0.461 e. The zero-order chi connectivity index (χ0) is 20.0. The van der Waals surface area contributed by atoms with Crippen molar-refractivity contribution in [3.8, 4) is 0 Å². The summed E-state index contributed by atoms with van der Waals surface area (Å²) in [6.45, 7) is 3.27. The van der Waals surface area contributed by atoms with Crippen molar-refractivity contribution in [2.24, 2.45) is 11.6 Å². The molecular weight excluding hydrogens is 381 g/mol. The first-order valence-electron chi connectivity index (χ1n) is 8.48. The molecule has 0 unspecified atom stereocenters. The van der Waals surface area contributed by atoms with Crippen molar-refractivity contribution in [1.29, 1.82) is 0 Å². The maximum Gasteiger partial charge on any atom is 0.416 e. The van der Waals surface area contributed by atoms with Gasteiger partial charge < -0.3 is 20.8 Å². The zero-order valence-corrected chi connectivity index (χ0v) is 15.7. The predicted octanol–water partition coefficient (Wildman–Crippen LogP) is 2.56. The number of alkyl halides is 3. The highest BCUT2D eigenvalue weighted by atomic mass is 32.2. The number of carbonyl (C=O) groups excluding carboxylic acids is 1. The van der Waals surface area contributed by atoms with E-state index in [1.54, 1.807) is 6.92 Å². The third-order valence-corrected chi connectivity index (χ3v) is 5.43. The summed E-state index contributed by atoms with van der Waals surface area (Å²) >= 11 is 1.35. The molecule has 1 aliphatic heterocycles. The first-order chi connectivity index (χ1) is 12.8. The van der Waals surface area contributed by atoms with Gasteiger partial charge in [0.15, 0.2) is 5.70 Å². The molecule has 1 aromatic carbocycles. The molecule has 150 valence electrons. The minimum Gasteiger partial charge on any atom is -0.461 e. The summed E-state index contributed by atoms with van der Waals surface area (Å²) in [6.07, 6.45) is -2.79. The van der Waals surface area contributed by atoms with Gasteiger partial charge in [0.25, 0.3) is 0 Å². The Morgan fingerprint density at radius 3 is 2.37 bits per heavy atom. The summed E-state index contributed by atoms with van der Waals surface area (Å²) in [5, 5.41) is 0.442. The van der Waals surface area contributed by atoms with Crippen LogP contribution < -0.4 is 21.9 Å². The number of hydrogen-bond acceptors (Lipinski definition) is 7. The quantitative estimate of drug-likeness (QED) is 0.290. The number of nitrogens with zero attached hydrogens (tertiary/aromatic N) is 1. The Hall–Kier alpha value is -2.07. The van der Waals surface area contributed by atoms with Crippen LogP contribution in [0, 0.1) is 0 Å². The summed E-state index contributed by atoms with van der Waals surface area (Å²) in [5.74, 6) is 4.76. The van der Waals surface area contributed by atoms with E-state index in [1.165, 1.54) is 23.9 Å². The molecule has 5 N–H and O–H groups in total. The lowest BCUT2D eigenvalue weighted by atomic mass is 10.1. The first-order valence-corrected chi connectivity index (χ1v) is 9.36. The average Bonchev–Trinajstić information content (AvgIpc) is 2.62. The number of esters is 1. The number of halogens is 3. The molecule has 27 heavy (non-hydrogen) atoms. The number of nitrogens with two attached hydrogens (primary N) is 2. The molecule has 0 aliphatic carbocycles. The fourth-order valence-electron chi connectivity index (χ4n) is 2.77. The van der Waals surface area contributed by atoms with E-state index in [4.69, 9.17) is 16.3 Å². The summed E-state index contributed by atoms with van der Waals surface area (Å²) in [7, 11) is 0. The molecule has 0 radical (unpaired) electrons. The zero-order valence-electron chi connectivity index (χ0n) is 14.9. The molecular formula is C17H23F3N4O2S. The molecule has 0 bridgehead atoms. The molecule has 10 heteroatoms. The van der Waals surface area contributed by atoms with E-state index in [1.807, 2.05) is 4.90 Å². The van der Waals surface area contributed by atoms with Gasteiger partial charge >= 0.3 is 12.1 Å². The predicted molar refractivity (Wildman–Crippen MR) is 99.4 cm³/mol. The Balaban J connectivity index is 1.94. The van der Waals surface area contributed by atoms with E-state index in [2.05, 4.69) is 5.43 Å². The molecule has 1 fully saturated rings. The summed E-state index contributed by atoms with van der Waals surface area (Å²) in [6, 6.07) is 5.16. The molecule has 1 aromatic rings. The highest BCUT2D eigenvalue weighted by molar-refractivity contribution is 8.03. The van der Waals surface area contributed by atoms with Crippen LogP contribution in [-0.4, -0.2) is 30.9 Å². The van der Waals surface area contributed by atoms with E-state index in [-0.39, 0.29) is 22.6 Å². The minimum absolute atomic E-state index is 0.0343. The van der Waals surface area contributed by atoms with Crippen LogP contribution in [0.4, 0.5) is 18.9 Å². The van der Waals surface area contributed by atoms with Crippen molar-refractivity contribution in [2.45, 2.75) is 31.2 Å². The van der Waals surface area contributed by atoms with Crippen LogP contribution in [0.3, 0.4) is 0 Å². The third-order valence-electron chi connectivity index (χ3n) is 4.17. The van der Waals surface area contributed by atoms with E-state index >= 15 is 0 Å². The third kappa shape index (κ3) is 5.70. The van der Waals surface area contributed by atoms with Crippen LogP contribution >= 0.6 is 11.8 Å². The number of carbonyl (C=O) groups is 1. The van der Waals surface area contributed by atoms with E-state index in [0.717, 1.165) is 30.7 Å². The Kier molecular flexibility index (Phi) is 7.25. The topological polar surface area (TPSA) is 93.6 Å². The number of hydrazine groups is 1. The van der Waals surface area contributed by atoms with Gasteiger partial charge in [0, 0.05) is 24.0 Å². The van der Waals surface area contributed by atoms with E-state index < -0.39 is 17.7 Å². The molecule has 0 saturated carbocycles. The van der Waals surface area contributed by atoms with Gasteiger partial charge in [-0.2, -0.15) is 13.2 Å². The van der Waals surface area contributed by atoms with Gasteiger partial charge in [-0.3, -0.25) is 5.84 Å². The number of thioether (sulfide) groups is 1. The van der Waals surface area contributed by atoms with Gasteiger partial charge in [-0.15, -0.1) is 11.8 Å². The van der Waals surface area contributed by atoms with Gasteiger partial charge in [0.1, 0.15) is 0 Å². The van der Waals surface area contributed by atoms with Crippen LogP contribution in [0.2, 0.25) is 0 Å². The number of hydrogen-bond donors (Lipinski definition) is 3. The number of rotatable bonds is 6. The second-order valence-corrected chi connectivity index (χ2v) is 7.30. The van der Waals surface area contributed by atoms with Crippen LogP contribution in [0.25, 0.3) is 0 Å². The summed E-state index contributed by atoms with van der Waals surface area (Å²) in [5.41, 5.74) is 8.39. The fraction of sp³-hybridized carbons (Fsp3) is 0.471. The normalized spacial score (nSPS) is 16.7. The molecule has 1 aliphatic rings. The number of ether oxygens (including phenoxy) is 1. The van der Waals surface area contributed by atoms with Crippen molar-refractivity contribution in [1.82, 2.24) is 5.43 Å². The Morgan fingerprint density at radius 1 is 1.30 bits per heavy atom. The highest BCUT2D eigenvalue weighted by Crippen LogP contribution is 2.33. The lowest BCUT2D eigenvalue weighted by Crippen LogP contribution is -2.36. The van der Waals surface area contributed by atoms with Gasteiger partial charge in [-0.05, 0) is 44.0 Å². The van der Waals surface area contributed by atoms with Crippen LogP contribution in [-0.2, 0) is 15.7 Å². The Bertz CT molecular complexity index is 672. The molecule has 0 spiro atoms. The van der Waals surface area contributed by atoms with Gasteiger partial charge in [0.2, 0.25) is 0 Å². The number of anilines is 1. The molecule has 0 atom stereocenters. The van der Waals surface area contributed by atoms with Crippen LogP contribution in [0.1, 0.15) is 25.3 Å². The second kappa shape index (κ2) is 9.23. The van der Waals surface area contributed by atoms with Crippen LogP contribution in [0.5, 0.6) is 0 Å². The van der Waals surface area contributed by atoms with Gasteiger partial charge in [0.05, 0.1) is 17.2 Å². The molecule has 2 rings (SSSR count). The van der Waals surface area contributed by atoms with E-state index in [0.29, 0.717) is 13.1 Å². The van der Waals surface area contributed by atoms with E-state index in [9.17, 15) is 18.0 Å². The fourth-order valence-corrected chi connectivity index (χ4v) is 3.83. The standard InChI is InChI=1S/C17H23F3N4O2S/c1-2-26-16(25)14(23-22)15(21)27-13-7-9-24(10-8-13)12-5-3-11(4-6-12)17(18,19)20/h3-6,13,23H,2,7-10,21-22H2,1H3/b15-14+. The second-order valence-electron chi connectivity index (χ2n) is 5.95. The highest BCUT2D eigenvalue weighted by Gasteiger charge is 2.30. The monoisotopic (exact) mass is 404 g/mol. The van der Waals surface area contributed by atoms with Crippen molar-refractivity contribution in [3.05, 3.63) is 40.6 Å². The maximum absolute atomic E-state index is 12.7. The lowest BCUT2D eigenvalue weighted by molar-refractivity contribution is -0.139. The first kappa shape index (κ1) is 21.2. The lowest BCUT2D eigenvalue weighted by Gasteiger charge is -2.33. The smallest absolute Gasteiger partial charge is 0.416 e. The average molecular weight is 404 g/mol. The SMILES string of the molecule is CCOC(=O)/C(NN)=C(/N)SC1CCN(c2ccc(C(F)(F)F)cc2)CC1. The van der Waals surface area contributed by atoms with Crippen molar-refractivity contribution in [3.63, 3.8) is 0 Å². The molecule has 0 amide bonds. The van der Waals surface area contributed by atoms with Gasteiger partial charge in [-0.1, -0.05) is 0 Å². The van der Waals surface area contributed by atoms with Crippen molar-refractivity contribution >= 4 is 23.4 Å².